The Labute approximate surface area is 158 Å². The van der Waals surface area contributed by atoms with Gasteiger partial charge in [0, 0.05) is 17.7 Å². The van der Waals surface area contributed by atoms with Crippen LogP contribution in [0.5, 0.6) is 5.75 Å². The van der Waals surface area contributed by atoms with Gasteiger partial charge < -0.3 is 9.47 Å². The number of hydrogen-bond donors (Lipinski definition) is 0. The van der Waals surface area contributed by atoms with Crippen LogP contribution in [0.4, 0.5) is 5.69 Å². The Morgan fingerprint density at radius 3 is 2.41 bits per heavy atom. The Bertz CT molecular complexity index is 840. The number of amides is 1. The van der Waals surface area contributed by atoms with E-state index in [2.05, 4.69) is 0 Å². The van der Waals surface area contributed by atoms with E-state index in [-0.39, 0.29) is 12.0 Å². The van der Waals surface area contributed by atoms with Gasteiger partial charge in [0.15, 0.2) is 0 Å². The zero-order valence-corrected chi connectivity index (χ0v) is 15.4. The van der Waals surface area contributed by atoms with Crippen LogP contribution in [0.25, 0.3) is 0 Å². The van der Waals surface area contributed by atoms with Crippen molar-refractivity contribution < 1.29 is 19.1 Å². The maximum atomic E-state index is 13.2. The van der Waals surface area contributed by atoms with E-state index < -0.39 is 12.0 Å². The molecule has 2 aliphatic rings. The summed E-state index contributed by atoms with van der Waals surface area (Å²) in [5.41, 5.74) is 2.27. The SMILES string of the molecule is COC(=O)C1Cc2ccccc2N1C(=O)c1ccc(OC2CCCC2)cc1. The molecule has 1 amide bonds. The largest absolute Gasteiger partial charge is 0.490 e. The van der Waals surface area contributed by atoms with Crippen LogP contribution in [-0.4, -0.2) is 31.1 Å². The van der Waals surface area contributed by atoms with Crippen molar-refractivity contribution in [1.82, 2.24) is 0 Å². The van der Waals surface area contributed by atoms with Crippen LogP contribution in [0.2, 0.25) is 0 Å². The second-order valence-corrected chi connectivity index (χ2v) is 7.10. The monoisotopic (exact) mass is 365 g/mol. The van der Waals surface area contributed by atoms with E-state index in [0.717, 1.165) is 29.8 Å². The molecule has 1 unspecified atom stereocenters. The fourth-order valence-corrected chi connectivity index (χ4v) is 3.98. The summed E-state index contributed by atoms with van der Waals surface area (Å²) in [6.45, 7) is 0. The van der Waals surface area contributed by atoms with E-state index >= 15 is 0 Å². The Balaban J connectivity index is 1.57. The third-order valence-corrected chi connectivity index (χ3v) is 5.37. The lowest BCUT2D eigenvalue weighted by Crippen LogP contribution is -2.43. The molecule has 27 heavy (non-hydrogen) atoms. The van der Waals surface area contributed by atoms with Crippen LogP contribution in [0.1, 0.15) is 41.6 Å². The number of rotatable bonds is 4. The minimum absolute atomic E-state index is 0.206. The third-order valence-electron chi connectivity index (χ3n) is 5.37. The molecule has 0 saturated heterocycles. The summed E-state index contributed by atoms with van der Waals surface area (Å²) in [4.78, 5) is 27.0. The summed E-state index contributed by atoms with van der Waals surface area (Å²) in [5, 5.41) is 0. The molecule has 0 radical (unpaired) electrons. The third kappa shape index (κ3) is 3.42. The second kappa shape index (κ2) is 7.43. The molecule has 1 atom stereocenters. The molecule has 4 rings (SSSR count). The number of nitrogens with zero attached hydrogens (tertiary/aromatic N) is 1. The average molecular weight is 365 g/mol. The van der Waals surface area contributed by atoms with Crippen molar-refractivity contribution in [3.63, 3.8) is 0 Å². The Morgan fingerprint density at radius 1 is 1.00 bits per heavy atom. The standard InChI is InChI=1S/C22H23NO4/c1-26-22(25)20-14-16-6-2-5-9-19(16)23(20)21(24)15-10-12-18(13-11-15)27-17-7-3-4-8-17/h2,5-6,9-13,17,20H,3-4,7-8,14H2,1H3. The molecule has 0 spiro atoms. The highest BCUT2D eigenvalue weighted by Crippen LogP contribution is 2.34. The Hall–Kier alpha value is -2.82. The van der Waals surface area contributed by atoms with Gasteiger partial charge in [-0.25, -0.2) is 4.79 Å². The van der Waals surface area contributed by atoms with E-state index in [1.165, 1.54) is 20.0 Å². The first-order chi connectivity index (χ1) is 13.2. The van der Waals surface area contributed by atoms with E-state index in [0.29, 0.717) is 12.0 Å². The van der Waals surface area contributed by atoms with Crippen LogP contribution >= 0.6 is 0 Å². The molecular formula is C22H23NO4. The summed E-state index contributed by atoms with van der Waals surface area (Å²) in [5.74, 6) is 0.174. The van der Waals surface area contributed by atoms with Crippen LogP contribution in [-0.2, 0) is 16.0 Å². The molecule has 0 aromatic heterocycles. The van der Waals surface area contributed by atoms with E-state index in [1.54, 1.807) is 17.0 Å². The predicted molar refractivity (Wildman–Crippen MR) is 102 cm³/mol. The molecule has 1 aliphatic carbocycles. The van der Waals surface area contributed by atoms with Gasteiger partial charge in [0.05, 0.1) is 13.2 Å². The summed E-state index contributed by atoms with van der Waals surface area (Å²) >= 11 is 0. The molecule has 2 aromatic rings. The van der Waals surface area contributed by atoms with E-state index in [4.69, 9.17) is 9.47 Å². The second-order valence-electron chi connectivity index (χ2n) is 7.10. The van der Waals surface area contributed by atoms with Crippen molar-refractivity contribution in [3.8, 4) is 5.75 Å². The van der Waals surface area contributed by atoms with Crippen LogP contribution in [0.15, 0.2) is 48.5 Å². The number of ether oxygens (including phenoxy) is 2. The number of carbonyl (C=O) groups excluding carboxylic acids is 2. The van der Waals surface area contributed by atoms with Crippen molar-refractivity contribution in [2.24, 2.45) is 0 Å². The number of fused-ring (bicyclic) bond motifs is 1. The van der Waals surface area contributed by atoms with Gasteiger partial charge >= 0.3 is 5.97 Å². The predicted octanol–water partition coefficient (Wildman–Crippen LogP) is 3.75. The van der Waals surface area contributed by atoms with Gasteiger partial charge in [0.25, 0.3) is 5.91 Å². The molecule has 1 heterocycles. The van der Waals surface area contributed by atoms with E-state index in [1.807, 2.05) is 36.4 Å². The molecule has 5 heteroatoms. The smallest absolute Gasteiger partial charge is 0.329 e. The molecule has 140 valence electrons. The van der Waals surface area contributed by atoms with Gasteiger partial charge in [-0.3, -0.25) is 9.69 Å². The number of hydrogen-bond acceptors (Lipinski definition) is 4. The normalized spacial score (nSPS) is 19.0. The first-order valence-electron chi connectivity index (χ1n) is 9.43. The molecule has 1 aliphatic heterocycles. The van der Waals surface area contributed by atoms with Gasteiger partial charge in [-0.1, -0.05) is 18.2 Å². The highest BCUT2D eigenvalue weighted by molar-refractivity contribution is 6.11. The first-order valence-corrected chi connectivity index (χ1v) is 9.43. The van der Waals surface area contributed by atoms with Crippen molar-refractivity contribution >= 4 is 17.6 Å². The molecular weight excluding hydrogens is 342 g/mol. The van der Waals surface area contributed by atoms with Gasteiger partial charge in [-0.15, -0.1) is 0 Å². The lowest BCUT2D eigenvalue weighted by Gasteiger charge is -2.24. The van der Waals surface area contributed by atoms with Crippen molar-refractivity contribution in [3.05, 3.63) is 59.7 Å². The summed E-state index contributed by atoms with van der Waals surface area (Å²) in [7, 11) is 1.35. The highest BCUT2D eigenvalue weighted by Gasteiger charge is 2.39. The van der Waals surface area contributed by atoms with Crippen LogP contribution in [0.3, 0.4) is 0 Å². The molecule has 0 bridgehead atoms. The number of carbonyl (C=O) groups is 2. The molecule has 1 fully saturated rings. The minimum atomic E-state index is -0.630. The van der Waals surface area contributed by atoms with Gasteiger partial charge in [-0.05, 0) is 61.6 Å². The van der Waals surface area contributed by atoms with Gasteiger partial charge in [0.1, 0.15) is 11.8 Å². The fourth-order valence-electron chi connectivity index (χ4n) is 3.98. The van der Waals surface area contributed by atoms with E-state index in [9.17, 15) is 9.59 Å². The minimum Gasteiger partial charge on any atom is -0.490 e. The van der Waals surface area contributed by atoms with Gasteiger partial charge in [-0.2, -0.15) is 0 Å². The summed E-state index contributed by atoms with van der Waals surface area (Å²) < 4.78 is 10.9. The Morgan fingerprint density at radius 2 is 1.70 bits per heavy atom. The van der Waals surface area contributed by atoms with Crippen LogP contribution in [0, 0.1) is 0 Å². The fraction of sp³-hybridized carbons (Fsp3) is 0.364. The summed E-state index contributed by atoms with van der Waals surface area (Å²) in [6, 6.07) is 14.2. The molecule has 2 aromatic carbocycles. The van der Waals surface area contributed by atoms with Crippen molar-refractivity contribution in [2.75, 3.05) is 12.0 Å². The number of methoxy groups -OCH3 is 1. The van der Waals surface area contributed by atoms with Gasteiger partial charge in [0.2, 0.25) is 0 Å². The molecule has 5 nitrogen and oxygen atoms in total. The lowest BCUT2D eigenvalue weighted by atomic mass is 10.1. The number of esters is 1. The Kier molecular flexibility index (Phi) is 4.84. The molecule has 0 N–H and O–H groups in total. The lowest BCUT2D eigenvalue weighted by molar-refractivity contribution is -0.141. The number of anilines is 1. The molecule has 1 saturated carbocycles. The quantitative estimate of drug-likeness (QED) is 0.775. The average Bonchev–Trinajstić information content (AvgIpc) is 3.35. The highest BCUT2D eigenvalue weighted by atomic mass is 16.5. The summed E-state index contributed by atoms with van der Waals surface area (Å²) in [6.07, 6.45) is 5.35. The zero-order chi connectivity index (χ0) is 18.8. The maximum Gasteiger partial charge on any atom is 0.329 e. The number of benzene rings is 2. The topological polar surface area (TPSA) is 55.8 Å². The van der Waals surface area contributed by atoms with Crippen LogP contribution < -0.4 is 9.64 Å². The zero-order valence-electron chi connectivity index (χ0n) is 15.4. The maximum absolute atomic E-state index is 13.2. The van der Waals surface area contributed by atoms with Crippen molar-refractivity contribution in [1.29, 1.82) is 0 Å². The first kappa shape index (κ1) is 17.6. The number of para-hydroxylation sites is 1. The van der Waals surface area contributed by atoms with Crippen molar-refractivity contribution in [2.45, 2.75) is 44.2 Å².